The maximum atomic E-state index is 14.9. The number of para-hydroxylation sites is 4. The summed E-state index contributed by atoms with van der Waals surface area (Å²) in [6.07, 6.45) is 0. The van der Waals surface area contributed by atoms with Crippen molar-refractivity contribution in [3.05, 3.63) is 156 Å². The van der Waals surface area contributed by atoms with Crippen LogP contribution in [0, 0.1) is 0 Å². The SMILES string of the molecule is O=P(Oc1ccccc1)(Oc1ccccc1)OC(c1ccc(Br)cc1)P(=O)(Oc1ccccc1)Oc1ccccc1. The molecule has 0 heterocycles. The van der Waals surface area contributed by atoms with Gasteiger partial charge in [0.15, 0.2) is 0 Å². The van der Waals surface area contributed by atoms with Crippen molar-refractivity contribution in [2.75, 3.05) is 0 Å². The molecule has 0 radical (unpaired) electrons. The first-order chi connectivity index (χ1) is 19.9. The van der Waals surface area contributed by atoms with Crippen LogP contribution in [0.25, 0.3) is 0 Å². The summed E-state index contributed by atoms with van der Waals surface area (Å²) in [6.45, 7) is 0. The van der Waals surface area contributed by atoms with Gasteiger partial charge in [-0.1, -0.05) is 101 Å². The van der Waals surface area contributed by atoms with Gasteiger partial charge in [0.05, 0.1) is 0 Å². The number of hydrogen-bond donors (Lipinski definition) is 0. The molecule has 0 bridgehead atoms. The molecule has 0 aliphatic heterocycles. The minimum absolute atomic E-state index is 0.226. The van der Waals surface area contributed by atoms with Crippen LogP contribution in [0.15, 0.2) is 150 Å². The van der Waals surface area contributed by atoms with E-state index in [1.807, 2.05) is 0 Å². The summed E-state index contributed by atoms with van der Waals surface area (Å²) >= 11 is 3.43. The van der Waals surface area contributed by atoms with Crippen LogP contribution in [-0.2, 0) is 13.7 Å². The van der Waals surface area contributed by atoms with Crippen molar-refractivity contribution in [2.24, 2.45) is 0 Å². The summed E-state index contributed by atoms with van der Waals surface area (Å²) in [7, 11) is -8.93. The van der Waals surface area contributed by atoms with E-state index < -0.39 is 21.3 Å². The van der Waals surface area contributed by atoms with Gasteiger partial charge in [0.2, 0.25) is 5.85 Å². The van der Waals surface area contributed by atoms with E-state index in [-0.39, 0.29) is 23.0 Å². The molecule has 7 nitrogen and oxygen atoms in total. The average molecular weight is 651 g/mol. The van der Waals surface area contributed by atoms with Crippen molar-refractivity contribution >= 4 is 31.3 Å². The van der Waals surface area contributed by atoms with Crippen LogP contribution in [0.3, 0.4) is 0 Å². The zero-order chi connectivity index (χ0) is 28.5. The average Bonchev–Trinajstić information content (AvgIpc) is 2.98. The van der Waals surface area contributed by atoms with Gasteiger partial charge in [0, 0.05) is 4.47 Å². The molecule has 5 aromatic carbocycles. The third-order valence-electron chi connectivity index (χ3n) is 5.54. The van der Waals surface area contributed by atoms with Crippen LogP contribution in [0.2, 0.25) is 0 Å². The van der Waals surface area contributed by atoms with Crippen molar-refractivity contribution in [3.63, 3.8) is 0 Å². The lowest BCUT2D eigenvalue weighted by molar-refractivity contribution is 0.169. The molecule has 0 aliphatic rings. The predicted molar refractivity (Wildman–Crippen MR) is 161 cm³/mol. The Kier molecular flexibility index (Phi) is 9.28. The van der Waals surface area contributed by atoms with Gasteiger partial charge in [0.25, 0.3) is 0 Å². The van der Waals surface area contributed by atoms with E-state index in [4.69, 9.17) is 22.6 Å². The van der Waals surface area contributed by atoms with E-state index in [1.54, 1.807) is 146 Å². The first kappa shape index (κ1) is 28.7. The monoisotopic (exact) mass is 650 g/mol. The highest BCUT2D eigenvalue weighted by Crippen LogP contribution is 2.66. The van der Waals surface area contributed by atoms with Gasteiger partial charge in [0.1, 0.15) is 23.0 Å². The van der Waals surface area contributed by atoms with Gasteiger partial charge < -0.3 is 18.1 Å². The minimum atomic E-state index is -4.55. The number of phosphoric ester groups is 1. The Morgan fingerprint density at radius 3 is 1.17 bits per heavy atom. The number of halogens is 1. The van der Waals surface area contributed by atoms with E-state index in [1.165, 1.54) is 0 Å². The molecule has 10 heteroatoms. The fourth-order valence-electron chi connectivity index (χ4n) is 3.70. The number of phosphoric acid groups is 1. The molecule has 5 rings (SSSR count). The minimum Gasteiger partial charge on any atom is -0.414 e. The molecular formula is C31H25BrO7P2. The molecule has 5 aromatic rings. The number of hydrogen-bond acceptors (Lipinski definition) is 7. The van der Waals surface area contributed by atoms with Gasteiger partial charge in [-0.05, 0) is 66.2 Å². The summed E-state index contributed by atoms with van der Waals surface area (Å²) < 4.78 is 60.1. The molecule has 41 heavy (non-hydrogen) atoms. The topological polar surface area (TPSA) is 80.3 Å². The summed E-state index contributed by atoms with van der Waals surface area (Å²) in [5.74, 6) is -0.567. The molecule has 0 aliphatic carbocycles. The van der Waals surface area contributed by atoms with E-state index in [9.17, 15) is 9.13 Å². The second-order valence-corrected chi connectivity index (χ2v) is 12.9. The smallest absolute Gasteiger partial charge is 0.414 e. The van der Waals surface area contributed by atoms with Crippen LogP contribution < -0.4 is 18.1 Å². The van der Waals surface area contributed by atoms with Gasteiger partial charge in [-0.25, -0.2) is 13.7 Å². The van der Waals surface area contributed by atoms with Crippen molar-refractivity contribution in [1.29, 1.82) is 0 Å². The summed E-state index contributed by atoms with van der Waals surface area (Å²) in [5, 5.41) is 0. The van der Waals surface area contributed by atoms with Crippen LogP contribution >= 0.6 is 31.3 Å². The highest BCUT2D eigenvalue weighted by Gasteiger charge is 2.49. The fourth-order valence-corrected chi connectivity index (χ4v) is 7.62. The number of benzene rings is 5. The lowest BCUT2D eigenvalue weighted by Gasteiger charge is -2.30. The zero-order valence-electron chi connectivity index (χ0n) is 21.6. The Balaban J connectivity index is 1.62. The molecule has 0 N–H and O–H groups in total. The van der Waals surface area contributed by atoms with Crippen LogP contribution in [0.5, 0.6) is 23.0 Å². The van der Waals surface area contributed by atoms with Crippen molar-refractivity contribution in [1.82, 2.24) is 0 Å². The Morgan fingerprint density at radius 1 is 0.463 bits per heavy atom. The molecule has 0 fully saturated rings. The maximum Gasteiger partial charge on any atom is 0.588 e. The van der Waals surface area contributed by atoms with E-state index in [0.29, 0.717) is 5.56 Å². The van der Waals surface area contributed by atoms with E-state index >= 15 is 0 Å². The van der Waals surface area contributed by atoms with Crippen LogP contribution in [-0.4, -0.2) is 0 Å². The standard InChI is InChI=1S/C31H25BrO7P2/c32-26-23-21-25(22-24-26)31(40(33,35-27-13-5-1-6-14-27)36-28-15-7-2-8-16-28)39-41(34,37-29-17-9-3-10-18-29)38-30-19-11-4-12-20-30/h1-24,31H. The molecule has 1 atom stereocenters. The predicted octanol–water partition coefficient (Wildman–Crippen LogP) is 10.1. The highest BCUT2D eigenvalue weighted by atomic mass is 79.9. The lowest BCUT2D eigenvalue weighted by atomic mass is 10.2. The highest BCUT2D eigenvalue weighted by molar-refractivity contribution is 9.10. The molecule has 0 aromatic heterocycles. The Hall–Kier alpha value is -3.80. The molecule has 0 amide bonds. The normalized spacial score (nSPS) is 12.2. The lowest BCUT2D eigenvalue weighted by Crippen LogP contribution is -2.16. The van der Waals surface area contributed by atoms with Gasteiger partial charge >= 0.3 is 15.4 Å². The zero-order valence-corrected chi connectivity index (χ0v) is 24.9. The van der Waals surface area contributed by atoms with Crippen molar-refractivity contribution < 1.29 is 31.7 Å². The van der Waals surface area contributed by atoms with Crippen LogP contribution in [0.4, 0.5) is 0 Å². The maximum absolute atomic E-state index is 14.9. The summed E-state index contributed by atoms with van der Waals surface area (Å²) in [6, 6.07) is 40.8. The molecule has 208 valence electrons. The summed E-state index contributed by atoms with van der Waals surface area (Å²) in [5.41, 5.74) is 0.358. The first-order valence-corrected chi connectivity index (χ1v) is 16.4. The second-order valence-electron chi connectivity index (χ2n) is 8.61. The van der Waals surface area contributed by atoms with Gasteiger partial charge in [-0.3, -0.25) is 0 Å². The third kappa shape index (κ3) is 7.90. The quantitative estimate of drug-likeness (QED) is 0.124. The largest absolute Gasteiger partial charge is 0.588 e. The first-order valence-electron chi connectivity index (χ1n) is 12.5. The Morgan fingerprint density at radius 2 is 0.805 bits per heavy atom. The molecule has 1 unspecified atom stereocenters. The Labute approximate surface area is 246 Å². The van der Waals surface area contributed by atoms with Crippen molar-refractivity contribution in [2.45, 2.75) is 5.85 Å². The summed E-state index contributed by atoms with van der Waals surface area (Å²) in [4.78, 5) is 0. The molecule has 0 saturated heterocycles. The third-order valence-corrected chi connectivity index (χ3v) is 9.49. The fraction of sp³-hybridized carbons (Fsp3) is 0.0323. The van der Waals surface area contributed by atoms with E-state index in [2.05, 4.69) is 15.9 Å². The van der Waals surface area contributed by atoms with Gasteiger partial charge in [-0.15, -0.1) is 0 Å². The second kappa shape index (κ2) is 13.2. The molecule has 0 spiro atoms. The van der Waals surface area contributed by atoms with Gasteiger partial charge in [-0.2, -0.15) is 0 Å². The van der Waals surface area contributed by atoms with Crippen molar-refractivity contribution in [3.8, 4) is 23.0 Å². The van der Waals surface area contributed by atoms with Crippen LogP contribution in [0.1, 0.15) is 11.4 Å². The molecular weight excluding hydrogens is 626 g/mol. The molecule has 0 saturated carbocycles. The Bertz CT molecular complexity index is 1530. The van der Waals surface area contributed by atoms with E-state index in [0.717, 1.165) is 4.47 Å². The number of rotatable bonds is 12.